The predicted molar refractivity (Wildman–Crippen MR) is 97.4 cm³/mol. The Morgan fingerprint density at radius 3 is 2.35 bits per heavy atom. The van der Waals surface area contributed by atoms with E-state index in [1.165, 1.54) is 9.80 Å². The lowest BCUT2D eigenvalue weighted by atomic mass is 10.0. The molecule has 7 nitrogen and oxygen atoms in total. The van der Waals surface area contributed by atoms with Crippen molar-refractivity contribution in [1.29, 1.82) is 0 Å². The first-order valence-corrected chi connectivity index (χ1v) is 9.00. The van der Waals surface area contributed by atoms with Gasteiger partial charge in [0.2, 0.25) is 17.7 Å². The normalized spacial score (nSPS) is 22.1. The maximum Gasteiger partial charge on any atom is 0.245 e. The van der Waals surface area contributed by atoms with E-state index in [0.29, 0.717) is 19.5 Å². The van der Waals surface area contributed by atoms with Gasteiger partial charge in [-0.15, -0.1) is 0 Å². The Hall–Kier alpha value is -2.41. The first-order valence-electron chi connectivity index (χ1n) is 9.00. The minimum absolute atomic E-state index is 0.0279. The fourth-order valence-electron chi connectivity index (χ4n) is 3.47. The molecule has 2 aliphatic heterocycles. The molecule has 1 aromatic carbocycles. The molecular formula is C19H26N4O3. The maximum atomic E-state index is 12.7. The van der Waals surface area contributed by atoms with Crippen LogP contribution in [-0.4, -0.2) is 96.7 Å². The number of rotatable bonds is 4. The fraction of sp³-hybridized carbons (Fsp3) is 0.526. The van der Waals surface area contributed by atoms with Crippen LogP contribution in [0.4, 0.5) is 0 Å². The second kappa shape index (κ2) is 7.86. The van der Waals surface area contributed by atoms with Crippen LogP contribution in [0, 0.1) is 0 Å². The summed E-state index contributed by atoms with van der Waals surface area (Å²) in [5, 5.41) is 0. The Labute approximate surface area is 154 Å². The zero-order chi connectivity index (χ0) is 18.7. The van der Waals surface area contributed by atoms with Gasteiger partial charge in [0.25, 0.3) is 0 Å². The summed E-state index contributed by atoms with van der Waals surface area (Å²) in [4.78, 5) is 44.8. The average Bonchev–Trinajstić information content (AvgIpc) is 2.64. The molecule has 140 valence electrons. The summed E-state index contributed by atoms with van der Waals surface area (Å²) < 4.78 is 0. The number of likely N-dealkylation sites (N-methyl/N-ethyl adjacent to an activating group) is 2. The van der Waals surface area contributed by atoms with Crippen LogP contribution in [0.25, 0.3) is 0 Å². The highest BCUT2D eigenvalue weighted by atomic mass is 16.2. The summed E-state index contributed by atoms with van der Waals surface area (Å²) >= 11 is 0. The third-order valence-electron chi connectivity index (χ3n) is 5.16. The lowest BCUT2D eigenvalue weighted by molar-refractivity contribution is -0.157. The van der Waals surface area contributed by atoms with Crippen LogP contribution < -0.4 is 0 Å². The van der Waals surface area contributed by atoms with Crippen molar-refractivity contribution in [3.63, 3.8) is 0 Å². The van der Waals surface area contributed by atoms with Crippen molar-refractivity contribution in [3.8, 4) is 0 Å². The predicted octanol–water partition coefficient (Wildman–Crippen LogP) is -0.328. The molecule has 2 aliphatic rings. The van der Waals surface area contributed by atoms with E-state index in [0.717, 1.165) is 18.7 Å². The minimum atomic E-state index is -0.625. The zero-order valence-electron chi connectivity index (χ0n) is 15.4. The number of nitrogens with zero attached hydrogens (tertiary/aromatic N) is 4. The largest absolute Gasteiger partial charge is 0.339 e. The molecule has 2 fully saturated rings. The zero-order valence-corrected chi connectivity index (χ0v) is 15.4. The highest BCUT2D eigenvalue weighted by Crippen LogP contribution is 2.17. The SMILES string of the molecule is CN1CCN(C(=O)CN2C(=O)CN(C)C(=O)[C@@H]2Cc2ccccc2)CC1. The van der Waals surface area contributed by atoms with Crippen LogP contribution in [0.15, 0.2) is 30.3 Å². The first-order chi connectivity index (χ1) is 12.5. The van der Waals surface area contributed by atoms with Gasteiger partial charge in [0.05, 0.1) is 6.54 Å². The summed E-state index contributed by atoms with van der Waals surface area (Å²) in [5.41, 5.74) is 0.978. The molecule has 7 heteroatoms. The van der Waals surface area contributed by atoms with Crippen LogP contribution in [0.2, 0.25) is 0 Å². The van der Waals surface area contributed by atoms with Gasteiger partial charge in [0.15, 0.2) is 0 Å². The standard InChI is InChI=1S/C19H26N4O3/c1-20-8-10-22(11-9-20)17(24)14-23-16(12-15-6-4-3-5-7-15)19(26)21(2)13-18(23)25/h3-7,16H,8-14H2,1-2H3/t16-/m0/s1. The fourth-order valence-corrected chi connectivity index (χ4v) is 3.47. The number of benzene rings is 1. The summed E-state index contributed by atoms with van der Waals surface area (Å²) in [5.74, 6) is -0.364. The quantitative estimate of drug-likeness (QED) is 0.740. The number of hydrogen-bond acceptors (Lipinski definition) is 4. The van der Waals surface area contributed by atoms with E-state index in [1.807, 2.05) is 37.4 Å². The Morgan fingerprint density at radius 2 is 1.69 bits per heavy atom. The van der Waals surface area contributed by atoms with Crippen LogP contribution in [0.1, 0.15) is 5.56 Å². The Balaban J connectivity index is 1.74. The molecule has 26 heavy (non-hydrogen) atoms. The van der Waals surface area contributed by atoms with Gasteiger partial charge in [0.1, 0.15) is 12.6 Å². The second-order valence-corrected chi connectivity index (χ2v) is 7.11. The van der Waals surface area contributed by atoms with E-state index in [4.69, 9.17) is 0 Å². The van der Waals surface area contributed by atoms with Crippen LogP contribution in [-0.2, 0) is 20.8 Å². The molecule has 0 unspecified atom stereocenters. The Kier molecular flexibility index (Phi) is 5.56. The first kappa shape index (κ1) is 18.4. The molecule has 0 aliphatic carbocycles. The molecule has 0 aromatic heterocycles. The summed E-state index contributed by atoms with van der Waals surface area (Å²) in [6, 6.07) is 8.99. The highest BCUT2D eigenvalue weighted by molar-refractivity contribution is 5.97. The number of carbonyl (C=O) groups excluding carboxylic acids is 3. The van der Waals surface area contributed by atoms with Crippen molar-refractivity contribution in [2.75, 3.05) is 53.4 Å². The molecule has 0 radical (unpaired) electrons. The van der Waals surface area contributed by atoms with Gasteiger partial charge in [-0.1, -0.05) is 30.3 Å². The topological polar surface area (TPSA) is 64.2 Å². The van der Waals surface area contributed by atoms with Crippen molar-refractivity contribution < 1.29 is 14.4 Å². The average molecular weight is 358 g/mol. The van der Waals surface area contributed by atoms with Gasteiger partial charge < -0.3 is 19.6 Å². The monoisotopic (exact) mass is 358 g/mol. The molecule has 3 amide bonds. The van der Waals surface area contributed by atoms with Crippen LogP contribution in [0.5, 0.6) is 0 Å². The van der Waals surface area contributed by atoms with Gasteiger partial charge in [-0.25, -0.2) is 0 Å². The number of piperazine rings is 2. The van der Waals surface area contributed by atoms with Gasteiger partial charge in [-0.3, -0.25) is 14.4 Å². The summed E-state index contributed by atoms with van der Waals surface area (Å²) in [6.07, 6.45) is 0.422. The Morgan fingerprint density at radius 1 is 1.04 bits per heavy atom. The van der Waals surface area contributed by atoms with E-state index in [-0.39, 0.29) is 30.8 Å². The molecule has 0 bridgehead atoms. The lowest BCUT2D eigenvalue weighted by Gasteiger charge is -2.40. The number of amides is 3. The van der Waals surface area contributed by atoms with Crippen molar-refractivity contribution in [2.45, 2.75) is 12.5 Å². The minimum Gasteiger partial charge on any atom is -0.339 e. The van der Waals surface area contributed by atoms with E-state index >= 15 is 0 Å². The van der Waals surface area contributed by atoms with Gasteiger partial charge in [-0.2, -0.15) is 0 Å². The van der Waals surface area contributed by atoms with Gasteiger partial charge in [0, 0.05) is 39.6 Å². The molecule has 0 saturated carbocycles. The van der Waals surface area contributed by atoms with Crippen molar-refractivity contribution in [2.24, 2.45) is 0 Å². The third-order valence-corrected chi connectivity index (χ3v) is 5.16. The van der Waals surface area contributed by atoms with E-state index in [1.54, 1.807) is 11.9 Å². The molecule has 0 N–H and O–H groups in total. The molecule has 2 saturated heterocycles. The second-order valence-electron chi connectivity index (χ2n) is 7.11. The van der Waals surface area contributed by atoms with Crippen molar-refractivity contribution >= 4 is 17.7 Å². The number of carbonyl (C=O) groups is 3. The van der Waals surface area contributed by atoms with E-state index in [2.05, 4.69) is 4.90 Å². The van der Waals surface area contributed by atoms with Gasteiger partial charge >= 0.3 is 0 Å². The van der Waals surface area contributed by atoms with Crippen LogP contribution >= 0.6 is 0 Å². The maximum absolute atomic E-state index is 12.7. The van der Waals surface area contributed by atoms with E-state index in [9.17, 15) is 14.4 Å². The summed E-state index contributed by atoms with van der Waals surface area (Å²) in [6.45, 7) is 2.98. The third kappa shape index (κ3) is 4.04. The van der Waals surface area contributed by atoms with Crippen molar-refractivity contribution in [1.82, 2.24) is 19.6 Å². The Bertz CT molecular complexity index is 671. The lowest BCUT2D eigenvalue weighted by Crippen LogP contribution is -2.62. The molecule has 3 rings (SSSR count). The molecule has 1 aromatic rings. The number of hydrogen-bond donors (Lipinski definition) is 0. The molecule has 1 atom stereocenters. The van der Waals surface area contributed by atoms with Gasteiger partial charge in [-0.05, 0) is 12.6 Å². The molecular weight excluding hydrogens is 332 g/mol. The summed E-state index contributed by atoms with van der Waals surface area (Å²) in [7, 11) is 3.66. The van der Waals surface area contributed by atoms with Crippen LogP contribution in [0.3, 0.4) is 0 Å². The smallest absolute Gasteiger partial charge is 0.245 e. The molecule has 0 spiro atoms. The highest BCUT2D eigenvalue weighted by Gasteiger charge is 2.39. The van der Waals surface area contributed by atoms with E-state index < -0.39 is 6.04 Å². The molecule has 2 heterocycles. The van der Waals surface area contributed by atoms with Crippen molar-refractivity contribution in [3.05, 3.63) is 35.9 Å².